The normalized spacial score (nSPS) is 24.3. The van der Waals surface area contributed by atoms with E-state index in [1.54, 1.807) is 17.8 Å². The van der Waals surface area contributed by atoms with E-state index in [2.05, 4.69) is 15.4 Å². The predicted octanol–water partition coefficient (Wildman–Crippen LogP) is 1.32. The van der Waals surface area contributed by atoms with Crippen LogP contribution in [0.25, 0.3) is 5.65 Å². The van der Waals surface area contributed by atoms with Crippen LogP contribution in [-0.2, 0) is 4.74 Å². The van der Waals surface area contributed by atoms with E-state index in [4.69, 9.17) is 4.74 Å². The number of ether oxygens (including phenoxy) is 1. The van der Waals surface area contributed by atoms with Crippen LogP contribution in [0.15, 0.2) is 24.5 Å². The molecule has 0 aromatic carbocycles. The van der Waals surface area contributed by atoms with Gasteiger partial charge >= 0.3 is 0 Å². The minimum atomic E-state index is 0.413. The van der Waals surface area contributed by atoms with Gasteiger partial charge in [-0.1, -0.05) is 0 Å². The molecular formula is C11H14N4O. The van der Waals surface area contributed by atoms with Crippen LogP contribution in [0.3, 0.4) is 0 Å². The zero-order chi connectivity index (χ0) is 11.0. The number of fused-ring (bicyclic) bond motifs is 1. The van der Waals surface area contributed by atoms with Gasteiger partial charge in [0.15, 0.2) is 5.65 Å². The molecule has 84 valence electrons. The Hall–Kier alpha value is -1.62. The van der Waals surface area contributed by atoms with E-state index in [1.165, 1.54) is 0 Å². The summed E-state index contributed by atoms with van der Waals surface area (Å²) < 4.78 is 6.99. The Balaban J connectivity index is 1.70. The molecule has 0 spiro atoms. The fraction of sp³-hybridized carbons (Fsp3) is 0.455. The molecule has 2 aromatic heterocycles. The second-order valence-electron chi connectivity index (χ2n) is 4.12. The molecule has 16 heavy (non-hydrogen) atoms. The first kappa shape index (κ1) is 9.59. The lowest BCUT2D eigenvalue weighted by molar-refractivity contribution is 0.0328. The second kappa shape index (κ2) is 3.75. The van der Waals surface area contributed by atoms with Crippen molar-refractivity contribution in [3.8, 4) is 0 Å². The Kier molecular flexibility index (Phi) is 2.25. The smallest absolute Gasteiger partial charge is 0.157 e. The Morgan fingerprint density at radius 1 is 1.44 bits per heavy atom. The topological polar surface area (TPSA) is 51.5 Å². The summed E-state index contributed by atoms with van der Waals surface area (Å²) in [6, 6.07) is 4.33. The molecule has 1 aliphatic rings. The van der Waals surface area contributed by atoms with Crippen molar-refractivity contribution in [3.63, 3.8) is 0 Å². The zero-order valence-electron chi connectivity index (χ0n) is 9.13. The summed E-state index contributed by atoms with van der Waals surface area (Å²) in [5, 5.41) is 7.50. The summed E-state index contributed by atoms with van der Waals surface area (Å²) in [4.78, 5) is 4.46. The van der Waals surface area contributed by atoms with Gasteiger partial charge in [-0.2, -0.15) is 5.10 Å². The average Bonchev–Trinajstić information content (AvgIpc) is 2.69. The highest BCUT2D eigenvalue weighted by atomic mass is 16.5. The number of nitrogens with one attached hydrogen (secondary N) is 1. The fourth-order valence-electron chi connectivity index (χ4n) is 1.98. The zero-order valence-corrected chi connectivity index (χ0v) is 9.13. The summed E-state index contributed by atoms with van der Waals surface area (Å²) >= 11 is 0. The summed E-state index contributed by atoms with van der Waals surface area (Å²) in [5.41, 5.74) is 0.868. The van der Waals surface area contributed by atoms with Crippen LogP contribution in [0.1, 0.15) is 12.8 Å². The van der Waals surface area contributed by atoms with Crippen LogP contribution < -0.4 is 5.32 Å². The molecule has 1 fully saturated rings. The maximum atomic E-state index is 5.24. The van der Waals surface area contributed by atoms with Crippen molar-refractivity contribution in [1.82, 2.24) is 14.6 Å². The van der Waals surface area contributed by atoms with Crippen molar-refractivity contribution in [2.75, 3.05) is 12.4 Å². The van der Waals surface area contributed by atoms with Crippen molar-refractivity contribution in [1.29, 1.82) is 0 Å². The molecule has 5 heteroatoms. The number of anilines is 1. The van der Waals surface area contributed by atoms with E-state index in [1.807, 2.05) is 18.3 Å². The molecule has 0 atom stereocenters. The average molecular weight is 218 g/mol. The van der Waals surface area contributed by atoms with Crippen molar-refractivity contribution >= 4 is 11.5 Å². The number of aromatic nitrogens is 3. The highest BCUT2D eigenvalue weighted by Crippen LogP contribution is 2.25. The van der Waals surface area contributed by atoms with Crippen LogP contribution >= 0.6 is 0 Å². The lowest BCUT2D eigenvalue weighted by Crippen LogP contribution is -2.40. The molecule has 3 rings (SSSR count). The fourth-order valence-corrected chi connectivity index (χ4v) is 1.98. The van der Waals surface area contributed by atoms with Gasteiger partial charge in [0.2, 0.25) is 0 Å². The Morgan fingerprint density at radius 2 is 2.31 bits per heavy atom. The molecule has 0 amide bonds. The minimum absolute atomic E-state index is 0.413. The molecule has 0 unspecified atom stereocenters. The maximum absolute atomic E-state index is 5.24. The SMILES string of the molecule is COC1CC(Nc2ccn3nccc3n2)C1. The van der Waals surface area contributed by atoms with Gasteiger partial charge in [0.1, 0.15) is 5.82 Å². The highest BCUT2D eigenvalue weighted by molar-refractivity contribution is 5.46. The van der Waals surface area contributed by atoms with E-state index in [9.17, 15) is 0 Å². The second-order valence-corrected chi connectivity index (χ2v) is 4.12. The summed E-state index contributed by atoms with van der Waals surface area (Å²) in [7, 11) is 1.76. The van der Waals surface area contributed by atoms with Crippen LogP contribution in [-0.4, -0.2) is 33.9 Å². The van der Waals surface area contributed by atoms with Gasteiger partial charge in [-0.25, -0.2) is 9.50 Å². The first-order chi connectivity index (χ1) is 7.85. The number of nitrogens with zero attached hydrogens (tertiary/aromatic N) is 3. The number of methoxy groups -OCH3 is 1. The molecule has 2 heterocycles. The first-order valence-corrected chi connectivity index (χ1v) is 5.45. The lowest BCUT2D eigenvalue weighted by Gasteiger charge is -2.34. The molecule has 1 aliphatic carbocycles. The van der Waals surface area contributed by atoms with Gasteiger partial charge in [-0.05, 0) is 18.9 Å². The highest BCUT2D eigenvalue weighted by Gasteiger charge is 2.28. The van der Waals surface area contributed by atoms with Crippen LogP contribution in [0, 0.1) is 0 Å². The molecule has 0 aliphatic heterocycles. The Bertz CT molecular complexity index is 489. The van der Waals surface area contributed by atoms with Gasteiger partial charge in [0.25, 0.3) is 0 Å². The largest absolute Gasteiger partial charge is 0.381 e. The van der Waals surface area contributed by atoms with Crippen LogP contribution in [0.2, 0.25) is 0 Å². The van der Waals surface area contributed by atoms with Crippen molar-refractivity contribution in [2.24, 2.45) is 0 Å². The molecule has 1 N–H and O–H groups in total. The molecular weight excluding hydrogens is 204 g/mol. The quantitative estimate of drug-likeness (QED) is 0.844. The predicted molar refractivity (Wildman–Crippen MR) is 60.4 cm³/mol. The van der Waals surface area contributed by atoms with Gasteiger partial charge in [0.05, 0.1) is 12.3 Å². The van der Waals surface area contributed by atoms with Gasteiger partial charge in [-0.3, -0.25) is 0 Å². The molecule has 2 aromatic rings. The third-order valence-corrected chi connectivity index (χ3v) is 3.04. The maximum Gasteiger partial charge on any atom is 0.157 e. The number of rotatable bonds is 3. The van der Waals surface area contributed by atoms with Crippen LogP contribution in [0.5, 0.6) is 0 Å². The van der Waals surface area contributed by atoms with Gasteiger partial charge in [0, 0.05) is 25.4 Å². The van der Waals surface area contributed by atoms with E-state index in [0.717, 1.165) is 24.3 Å². The van der Waals surface area contributed by atoms with E-state index < -0.39 is 0 Å². The first-order valence-electron chi connectivity index (χ1n) is 5.45. The summed E-state index contributed by atoms with van der Waals surface area (Å²) in [6.07, 6.45) is 6.19. The third kappa shape index (κ3) is 1.63. The number of hydrogen-bond acceptors (Lipinski definition) is 4. The molecule has 0 saturated heterocycles. The molecule has 5 nitrogen and oxygen atoms in total. The van der Waals surface area contributed by atoms with E-state index >= 15 is 0 Å². The standard InChI is InChI=1S/C11H14N4O/c1-16-9-6-8(7-9)13-10-3-5-15-11(14-10)2-4-12-15/h2-5,8-9H,6-7H2,1H3,(H,13,14). The number of hydrogen-bond donors (Lipinski definition) is 1. The van der Waals surface area contributed by atoms with E-state index in [-0.39, 0.29) is 0 Å². The minimum Gasteiger partial charge on any atom is -0.381 e. The Labute approximate surface area is 93.4 Å². The van der Waals surface area contributed by atoms with Crippen molar-refractivity contribution < 1.29 is 4.74 Å². The summed E-state index contributed by atoms with van der Waals surface area (Å²) in [6.45, 7) is 0. The monoisotopic (exact) mass is 218 g/mol. The Morgan fingerprint density at radius 3 is 3.12 bits per heavy atom. The van der Waals surface area contributed by atoms with Gasteiger partial charge in [-0.15, -0.1) is 0 Å². The molecule has 0 radical (unpaired) electrons. The molecule has 1 saturated carbocycles. The van der Waals surface area contributed by atoms with Crippen molar-refractivity contribution in [3.05, 3.63) is 24.5 Å². The summed E-state index contributed by atoms with van der Waals surface area (Å²) in [5.74, 6) is 0.910. The van der Waals surface area contributed by atoms with E-state index in [0.29, 0.717) is 12.1 Å². The van der Waals surface area contributed by atoms with Gasteiger partial charge < -0.3 is 10.1 Å². The molecule has 0 bridgehead atoms. The van der Waals surface area contributed by atoms with Crippen molar-refractivity contribution in [2.45, 2.75) is 25.0 Å². The van der Waals surface area contributed by atoms with Crippen LogP contribution in [0.4, 0.5) is 5.82 Å². The third-order valence-electron chi connectivity index (χ3n) is 3.04. The lowest BCUT2D eigenvalue weighted by atomic mass is 9.89.